The van der Waals surface area contributed by atoms with Crippen LogP contribution in [0.15, 0.2) is 18.2 Å². The Hall–Kier alpha value is -1.95. The van der Waals surface area contributed by atoms with Crippen molar-refractivity contribution in [1.82, 2.24) is 25.5 Å². The zero-order valence-electron chi connectivity index (χ0n) is 11.7. The van der Waals surface area contributed by atoms with E-state index < -0.39 is 0 Å². The molecule has 2 aromatic rings. The zero-order chi connectivity index (χ0) is 13.8. The van der Waals surface area contributed by atoms with Crippen molar-refractivity contribution in [3.8, 4) is 5.75 Å². The van der Waals surface area contributed by atoms with Crippen molar-refractivity contribution < 1.29 is 4.74 Å². The van der Waals surface area contributed by atoms with E-state index in [1.54, 1.807) is 7.05 Å². The van der Waals surface area contributed by atoms with Crippen molar-refractivity contribution >= 4 is 0 Å². The van der Waals surface area contributed by atoms with Crippen LogP contribution in [0.25, 0.3) is 0 Å². The fraction of sp³-hybridized carbons (Fsp3) is 0.462. The van der Waals surface area contributed by atoms with Gasteiger partial charge in [-0.3, -0.25) is 0 Å². The standard InChI is InChI=1S/C13H19N5O/c1-9-7-11(10(2)14-3)5-6-12(9)19-8-13-15-17-18(4)16-13/h5-7,10,14H,8H2,1-4H3. The number of hydrogen-bond donors (Lipinski definition) is 1. The van der Waals surface area contributed by atoms with E-state index in [0.717, 1.165) is 11.3 Å². The minimum Gasteiger partial charge on any atom is -0.485 e. The van der Waals surface area contributed by atoms with Crippen molar-refractivity contribution in [2.75, 3.05) is 7.05 Å². The molecule has 0 spiro atoms. The molecule has 2 rings (SSSR count). The van der Waals surface area contributed by atoms with E-state index in [4.69, 9.17) is 4.74 Å². The number of ether oxygens (including phenoxy) is 1. The van der Waals surface area contributed by atoms with Gasteiger partial charge in [0.25, 0.3) is 0 Å². The Morgan fingerprint density at radius 1 is 1.42 bits per heavy atom. The summed E-state index contributed by atoms with van der Waals surface area (Å²) in [5, 5.41) is 14.9. The molecule has 1 unspecified atom stereocenters. The second-order valence-corrected chi connectivity index (χ2v) is 4.52. The van der Waals surface area contributed by atoms with Crippen LogP contribution in [0.2, 0.25) is 0 Å². The highest BCUT2D eigenvalue weighted by atomic mass is 16.5. The number of hydrogen-bond acceptors (Lipinski definition) is 5. The summed E-state index contributed by atoms with van der Waals surface area (Å²) in [4.78, 5) is 1.42. The van der Waals surface area contributed by atoms with Crippen LogP contribution in [0.4, 0.5) is 0 Å². The van der Waals surface area contributed by atoms with E-state index in [0.29, 0.717) is 18.5 Å². The summed E-state index contributed by atoms with van der Waals surface area (Å²) in [6, 6.07) is 6.50. The summed E-state index contributed by atoms with van der Waals surface area (Å²) in [7, 11) is 3.68. The maximum atomic E-state index is 5.71. The van der Waals surface area contributed by atoms with Crippen LogP contribution in [0.3, 0.4) is 0 Å². The van der Waals surface area contributed by atoms with E-state index in [1.165, 1.54) is 10.4 Å². The monoisotopic (exact) mass is 261 g/mol. The Bertz CT molecular complexity index is 552. The number of nitrogens with zero attached hydrogens (tertiary/aromatic N) is 4. The van der Waals surface area contributed by atoms with Gasteiger partial charge < -0.3 is 10.1 Å². The third-order valence-corrected chi connectivity index (χ3v) is 3.04. The number of benzene rings is 1. The van der Waals surface area contributed by atoms with Crippen LogP contribution >= 0.6 is 0 Å². The first-order valence-corrected chi connectivity index (χ1v) is 6.23. The second kappa shape index (κ2) is 5.79. The van der Waals surface area contributed by atoms with Gasteiger partial charge in [-0.2, -0.15) is 4.80 Å². The van der Waals surface area contributed by atoms with Gasteiger partial charge in [-0.1, -0.05) is 12.1 Å². The lowest BCUT2D eigenvalue weighted by Crippen LogP contribution is -2.12. The molecular formula is C13H19N5O. The van der Waals surface area contributed by atoms with Crippen molar-refractivity contribution in [3.63, 3.8) is 0 Å². The van der Waals surface area contributed by atoms with Gasteiger partial charge in [-0.05, 0) is 43.3 Å². The predicted molar refractivity (Wildman–Crippen MR) is 71.8 cm³/mol. The predicted octanol–water partition coefficient (Wildman–Crippen LogP) is 1.38. The quantitative estimate of drug-likeness (QED) is 0.880. The number of aryl methyl sites for hydroxylation is 2. The molecule has 0 bridgehead atoms. The lowest BCUT2D eigenvalue weighted by Gasteiger charge is -2.13. The van der Waals surface area contributed by atoms with Crippen LogP contribution in [0.1, 0.15) is 29.9 Å². The van der Waals surface area contributed by atoms with Crippen molar-refractivity contribution in [2.24, 2.45) is 7.05 Å². The fourth-order valence-electron chi connectivity index (χ4n) is 1.79. The largest absolute Gasteiger partial charge is 0.485 e. The molecule has 1 N–H and O–H groups in total. The minimum atomic E-state index is 0.328. The molecule has 102 valence electrons. The molecule has 6 nitrogen and oxygen atoms in total. The van der Waals surface area contributed by atoms with Crippen LogP contribution in [0, 0.1) is 6.92 Å². The van der Waals surface area contributed by atoms with E-state index in [-0.39, 0.29) is 0 Å². The summed E-state index contributed by atoms with van der Waals surface area (Å²) in [6.45, 7) is 4.49. The second-order valence-electron chi connectivity index (χ2n) is 4.52. The number of aromatic nitrogens is 4. The number of tetrazole rings is 1. The van der Waals surface area contributed by atoms with Crippen molar-refractivity contribution in [1.29, 1.82) is 0 Å². The molecule has 0 amide bonds. The summed E-state index contributed by atoms with van der Waals surface area (Å²) in [6.07, 6.45) is 0. The molecule has 0 saturated carbocycles. The molecule has 19 heavy (non-hydrogen) atoms. The topological polar surface area (TPSA) is 64.9 Å². The highest BCUT2D eigenvalue weighted by molar-refractivity contribution is 5.37. The normalized spacial score (nSPS) is 12.4. The smallest absolute Gasteiger partial charge is 0.212 e. The molecule has 0 aliphatic rings. The van der Waals surface area contributed by atoms with Gasteiger partial charge in [0.2, 0.25) is 5.82 Å². The molecule has 1 heterocycles. The lowest BCUT2D eigenvalue weighted by atomic mass is 10.1. The van der Waals surface area contributed by atoms with E-state index >= 15 is 0 Å². The fourth-order valence-corrected chi connectivity index (χ4v) is 1.79. The molecule has 1 aromatic carbocycles. The lowest BCUT2D eigenvalue weighted by molar-refractivity contribution is 0.293. The highest BCUT2D eigenvalue weighted by Crippen LogP contribution is 2.23. The Balaban J connectivity index is 2.05. The minimum absolute atomic E-state index is 0.328. The van der Waals surface area contributed by atoms with Gasteiger partial charge in [0.1, 0.15) is 5.75 Å². The number of rotatable bonds is 5. The van der Waals surface area contributed by atoms with E-state index in [2.05, 4.69) is 39.8 Å². The SMILES string of the molecule is CNC(C)c1ccc(OCc2nnn(C)n2)c(C)c1. The summed E-state index contributed by atoms with van der Waals surface area (Å²) < 4.78 is 5.71. The summed E-state index contributed by atoms with van der Waals surface area (Å²) in [5.74, 6) is 1.43. The average molecular weight is 261 g/mol. The molecular weight excluding hydrogens is 242 g/mol. The van der Waals surface area contributed by atoms with Crippen LogP contribution in [-0.4, -0.2) is 27.3 Å². The van der Waals surface area contributed by atoms with Crippen molar-refractivity contribution in [3.05, 3.63) is 35.2 Å². The molecule has 1 aromatic heterocycles. The zero-order valence-corrected chi connectivity index (χ0v) is 11.7. The first kappa shape index (κ1) is 13.5. The van der Waals surface area contributed by atoms with Gasteiger partial charge in [-0.15, -0.1) is 10.2 Å². The van der Waals surface area contributed by atoms with Crippen molar-refractivity contribution in [2.45, 2.75) is 26.5 Å². The highest BCUT2D eigenvalue weighted by Gasteiger charge is 2.07. The van der Waals surface area contributed by atoms with Crippen LogP contribution < -0.4 is 10.1 Å². The van der Waals surface area contributed by atoms with E-state index in [1.807, 2.05) is 20.0 Å². The first-order valence-electron chi connectivity index (χ1n) is 6.23. The van der Waals surface area contributed by atoms with Gasteiger partial charge >= 0.3 is 0 Å². The molecule has 0 fully saturated rings. The average Bonchev–Trinajstić information content (AvgIpc) is 2.82. The van der Waals surface area contributed by atoms with E-state index in [9.17, 15) is 0 Å². The third kappa shape index (κ3) is 3.29. The molecule has 0 radical (unpaired) electrons. The third-order valence-electron chi connectivity index (χ3n) is 3.04. The van der Waals surface area contributed by atoms with Gasteiger partial charge in [-0.25, -0.2) is 0 Å². The van der Waals surface area contributed by atoms with Gasteiger partial charge in [0.15, 0.2) is 6.61 Å². The first-order chi connectivity index (χ1) is 9.10. The maximum absolute atomic E-state index is 5.71. The van der Waals surface area contributed by atoms with Gasteiger partial charge in [0, 0.05) is 6.04 Å². The molecule has 0 saturated heterocycles. The summed E-state index contributed by atoms with van der Waals surface area (Å²) >= 11 is 0. The summed E-state index contributed by atoms with van der Waals surface area (Å²) in [5.41, 5.74) is 2.34. The molecule has 0 aliphatic carbocycles. The number of nitrogens with one attached hydrogen (secondary N) is 1. The molecule has 0 aliphatic heterocycles. The maximum Gasteiger partial charge on any atom is 0.212 e. The van der Waals surface area contributed by atoms with Crippen LogP contribution in [-0.2, 0) is 13.7 Å². The molecule has 1 atom stereocenters. The molecule has 6 heteroatoms. The van der Waals surface area contributed by atoms with Crippen LogP contribution in [0.5, 0.6) is 5.75 Å². The Labute approximate surface area is 112 Å². The Morgan fingerprint density at radius 2 is 2.21 bits per heavy atom. The Kier molecular flexibility index (Phi) is 4.11. The Morgan fingerprint density at radius 3 is 2.79 bits per heavy atom. The van der Waals surface area contributed by atoms with Gasteiger partial charge in [0.05, 0.1) is 7.05 Å².